The quantitative estimate of drug-likeness (QED) is 0.736. The third-order valence-corrected chi connectivity index (χ3v) is 5.03. The lowest BCUT2D eigenvalue weighted by molar-refractivity contribution is 0.444. The third-order valence-electron chi connectivity index (χ3n) is 3.55. The van der Waals surface area contributed by atoms with Crippen LogP contribution < -0.4 is 10.0 Å². The summed E-state index contributed by atoms with van der Waals surface area (Å²) in [6, 6.07) is 6.95. The van der Waals surface area contributed by atoms with Crippen LogP contribution in [0, 0.1) is 5.92 Å². The molecule has 0 spiro atoms. The highest BCUT2D eigenvalue weighted by Crippen LogP contribution is 2.20. The van der Waals surface area contributed by atoms with Gasteiger partial charge in [0.2, 0.25) is 10.0 Å². The number of hydrogen-bond donors (Lipinski definition) is 2. The first-order valence-electron chi connectivity index (χ1n) is 7.31. The van der Waals surface area contributed by atoms with E-state index in [1.54, 1.807) is 25.2 Å². The number of rotatable bonds is 9. The van der Waals surface area contributed by atoms with E-state index < -0.39 is 10.0 Å². The Labute approximate surface area is 123 Å². The number of para-hydroxylation sites is 1. The molecule has 4 nitrogen and oxygen atoms in total. The average Bonchev–Trinajstić information content (AvgIpc) is 2.47. The van der Waals surface area contributed by atoms with Gasteiger partial charge in [-0.15, -0.1) is 0 Å². The Morgan fingerprint density at radius 1 is 1.20 bits per heavy atom. The largest absolute Gasteiger partial charge is 0.387 e. The molecule has 5 heteroatoms. The van der Waals surface area contributed by atoms with Crippen molar-refractivity contribution in [3.8, 4) is 0 Å². The van der Waals surface area contributed by atoms with Gasteiger partial charge in [-0.05, 0) is 24.5 Å². The van der Waals surface area contributed by atoms with E-state index in [0.717, 1.165) is 25.7 Å². The van der Waals surface area contributed by atoms with Crippen LogP contribution in [-0.2, 0) is 10.0 Å². The number of benzene rings is 1. The van der Waals surface area contributed by atoms with E-state index in [4.69, 9.17) is 0 Å². The van der Waals surface area contributed by atoms with E-state index in [1.165, 1.54) is 0 Å². The maximum atomic E-state index is 12.4. The molecule has 0 amide bonds. The summed E-state index contributed by atoms with van der Waals surface area (Å²) in [5.41, 5.74) is 0.626. The highest BCUT2D eigenvalue weighted by molar-refractivity contribution is 7.89. The summed E-state index contributed by atoms with van der Waals surface area (Å²) in [4.78, 5) is 0.313. The van der Waals surface area contributed by atoms with Crippen molar-refractivity contribution in [1.29, 1.82) is 0 Å². The van der Waals surface area contributed by atoms with Crippen LogP contribution in [-0.4, -0.2) is 22.0 Å². The number of anilines is 1. The lowest BCUT2D eigenvalue weighted by Crippen LogP contribution is -2.29. The molecule has 2 N–H and O–H groups in total. The summed E-state index contributed by atoms with van der Waals surface area (Å²) in [6.07, 6.45) is 4.36. The molecule has 0 radical (unpaired) electrons. The number of hydrogen-bond acceptors (Lipinski definition) is 3. The lowest BCUT2D eigenvalue weighted by Gasteiger charge is -2.16. The number of unbranched alkanes of at least 4 members (excludes halogenated alkanes) is 1. The normalized spacial score (nSPS) is 13.2. The molecule has 1 atom stereocenters. The van der Waals surface area contributed by atoms with Crippen molar-refractivity contribution in [2.75, 3.05) is 18.9 Å². The molecule has 0 bridgehead atoms. The second-order valence-electron chi connectivity index (χ2n) is 5.01. The summed E-state index contributed by atoms with van der Waals surface area (Å²) >= 11 is 0. The van der Waals surface area contributed by atoms with Crippen LogP contribution in [0.5, 0.6) is 0 Å². The second kappa shape index (κ2) is 8.27. The molecule has 0 fully saturated rings. The molecule has 1 rings (SSSR count). The molecule has 20 heavy (non-hydrogen) atoms. The molecule has 0 aromatic heterocycles. The van der Waals surface area contributed by atoms with Crippen molar-refractivity contribution < 1.29 is 8.42 Å². The Bertz CT molecular complexity index is 500. The maximum absolute atomic E-state index is 12.4. The van der Waals surface area contributed by atoms with Crippen molar-refractivity contribution in [3.05, 3.63) is 24.3 Å². The number of sulfonamides is 1. The van der Waals surface area contributed by atoms with Crippen molar-refractivity contribution in [3.63, 3.8) is 0 Å². The summed E-state index contributed by atoms with van der Waals surface area (Å²) in [6.45, 7) is 4.77. The Morgan fingerprint density at radius 2 is 1.90 bits per heavy atom. The van der Waals surface area contributed by atoms with Gasteiger partial charge >= 0.3 is 0 Å². The second-order valence-corrected chi connectivity index (χ2v) is 6.75. The third kappa shape index (κ3) is 4.80. The fourth-order valence-electron chi connectivity index (χ4n) is 2.16. The van der Waals surface area contributed by atoms with Gasteiger partial charge in [0.25, 0.3) is 0 Å². The van der Waals surface area contributed by atoms with Crippen molar-refractivity contribution in [1.82, 2.24) is 4.72 Å². The molecule has 0 heterocycles. The van der Waals surface area contributed by atoms with Gasteiger partial charge in [-0.25, -0.2) is 13.1 Å². The predicted octanol–water partition coefficient (Wildman–Crippen LogP) is 3.22. The van der Waals surface area contributed by atoms with Crippen molar-refractivity contribution in [2.45, 2.75) is 44.4 Å². The number of nitrogens with one attached hydrogen (secondary N) is 2. The van der Waals surface area contributed by atoms with Gasteiger partial charge in [0, 0.05) is 13.6 Å². The highest BCUT2D eigenvalue weighted by atomic mass is 32.2. The SMILES string of the molecule is CCCCC(CC)CNS(=O)(=O)c1ccccc1NC. The summed E-state index contributed by atoms with van der Waals surface area (Å²) in [5, 5.41) is 2.92. The minimum Gasteiger partial charge on any atom is -0.387 e. The highest BCUT2D eigenvalue weighted by Gasteiger charge is 2.18. The molecular weight excluding hydrogens is 272 g/mol. The standard InChI is InChI=1S/C15H26N2O2S/c1-4-6-9-13(5-2)12-17-20(18,19)15-11-8-7-10-14(15)16-3/h7-8,10-11,13,16-17H,4-6,9,12H2,1-3H3. The van der Waals surface area contributed by atoms with E-state index >= 15 is 0 Å². The smallest absolute Gasteiger partial charge is 0.242 e. The van der Waals surface area contributed by atoms with Crippen LogP contribution in [0.3, 0.4) is 0 Å². The van der Waals surface area contributed by atoms with Crippen molar-refractivity contribution in [2.24, 2.45) is 5.92 Å². The minimum atomic E-state index is -3.45. The first-order chi connectivity index (χ1) is 9.55. The Kier molecular flexibility index (Phi) is 7.02. The van der Waals surface area contributed by atoms with Gasteiger partial charge in [-0.1, -0.05) is 45.2 Å². The monoisotopic (exact) mass is 298 g/mol. The van der Waals surface area contributed by atoms with Gasteiger partial charge in [-0.3, -0.25) is 0 Å². The van der Waals surface area contributed by atoms with Crippen LogP contribution in [0.2, 0.25) is 0 Å². The Balaban J connectivity index is 2.74. The zero-order valence-corrected chi connectivity index (χ0v) is 13.5. The molecule has 114 valence electrons. The maximum Gasteiger partial charge on any atom is 0.242 e. The Morgan fingerprint density at radius 3 is 2.50 bits per heavy atom. The molecule has 1 unspecified atom stereocenters. The first-order valence-corrected chi connectivity index (χ1v) is 8.79. The van der Waals surface area contributed by atoms with Crippen LogP contribution in [0.4, 0.5) is 5.69 Å². The molecule has 0 saturated heterocycles. The van der Waals surface area contributed by atoms with Crippen LogP contribution >= 0.6 is 0 Å². The summed E-state index contributed by atoms with van der Waals surface area (Å²) in [7, 11) is -1.72. The van der Waals surface area contributed by atoms with E-state index in [2.05, 4.69) is 23.9 Å². The summed E-state index contributed by atoms with van der Waals surface area (Å²) in [5.74, 6) is 0.409. The minimum absolute atomic E-state index is 0.313. The van der Waals surface area contributed by atoms with E-state index in [1.807, 2.05) is 6.07 Å². The van der Waals surface area contributed by atoms with Crippen LogP contribution in [0.15, 0.2) is 29.2 Å². The molecule has 1 aromatic rings. The van der Waals surface area contributed by atoms with Gasteiger partial charge in [0.15, 0.2) is 0 Å². The molecular formula is C15H26N2O2S. The van der Waals surface area contributed by atoms with Crippen LogP contribution in [0.25, 0.3) is 0 Å². The zero-order valence-electron chi connectivity index (χ0n) is 12.6. The average molecular weight is 298 g/mol. The van der Waals surface area contributed by atoms with Gasteiger partial charge in [-0.2, -0.15) is 0 Å². The summed E-state index contributed by atoms with van der Waals surface area (Å²) < 4.78 is 27.5. The fourth-order valence-corrected chi connectivity index (χ4v) is 3.48. The van der Waals surface area contributed by atoms with E-state index in [0.29, 0.717) is 23.0 Å². The molecule has 1 aromatic carbocycles. The molecule has 0 aliphatic carbocycles. The zero-order chi connectivity index (χ0) is 15.0. The van der Waals surface area contributed by atoms with E-state index in [9.17, 15) is 8.42 Å². The Hall–Kier alpha value is -1.07. The molecule has 0 saturated carbocycles. The van der Waals surface area contributed by atoms with Crippen molar-refractivity contribution >= 4 is 15.7 Å². The van der Waals surface area contributed by atoms with Gasteiger partial charge in [0.1, 0.15) is 4.90 Å². The predicted molar refractivity (Wildman–Crippen MR) is 84.5 cm³/mol. The lowest BCUT2D eigenvalue weighted by atomic mass is 10.00. The van der Waals surface area contributed by atoms with Gasteiger partial charge in [0.05, 0.1) is 5.69 Å². The fraction of sp³-hybridized carbons (Fsp3) is 0.600. The molecule has 0 aliphatic heterocycles. The van der Waals surface area contributed by atoms with Crippen LogP contribution in [0.1, 0.15) is 39.5 Å². The van der Waals surface area contributed by atoms with E-state index in [-0.39, 0.29) is 0 Å². The first kappa shape index (κ1) is 17.0. The molecule has 0 aliphatic rings. The topological polar surface area (TPSA) is 58.2 Å². The van der Waals surface area contributed by atoms with Gasteiger partial charge < -0.3 is 5.32 Å².